The Labute approximate surface area is 232 Å². The van der Waals surface area contributed by atoms with E-state index < -0.39 is 42.4 Å². The summed E-state index contributed by atoms with van der Waals surface area (Å²) in [5.41, 5.74) is 8.97. The minimum absolute atomic E-state index is 0.00332. The van der Waals surface area contributed by atoms with Crippen LogP contribution >= 0.6 is 0 Å². The highest BCUT2D eigenvalue weighted by Gasteiger charge is 2.52. The molecule has 2 atom stereocenters. The van der Waals surface area contributed by atoms with Crippen molar-refractivity contribution in [2.24, 2.45) is 11.1 Å². The van der Waals surface area contributed by atoms with Crippen molar-refractivity contribution in [3.05, 3.63) is 77.0 Å². The molecule has 2 bridgehead atoms. The van der Waals surface area contributed by atoms with Gasteiger partial charge in [-0.25, -0.2) is 4.52 Å². The van der Waals surface area contributed by atoms with Gasteiger partial charge in [0, 0.05) is 45.5 Å². The number of pyridine rings is 1. The summed E-state index contributed by atoms with van der Waals surface area (Å²) in [5, 5.41) is 14.0. The minimum Gasteiger partial charge on any atom is -0.434 e. The lowest BCUT2D eigenvalue weighted by Crippen LogP contribution is -2.54. The second-order valence-electron chi connectivity index (χ2n) is 11.1. The number of carbonyl (C=O) groups is 1. The number of amides is 1. The molecule has 40 heavy (non-hydrogen) atoms. The maximum absolute atomic E-state index is 13.6. The van der Waals surface area contributed by atoms with Gasteiger partial charge in [-0.3, -0.25) is 14.8 Å². The van der Waals surface area contributed by atoms with Crippen LogP contribution in [-0.2, 0) is 5.54 Å². The van der Waals surface area contributed by atoms with Gasteiger partial charge < -0.3 is 15.4 Å². The van der Waals surface area contributed by atoms with Gasteiger partial charge in [0.2, 0.25) is 0 Å². The number of alkyl halides is 2. The van der Waals surface area contributed by atoms with Crippen LogP contribution in [-0.4, -0.2) is 44.0 Å². The highest BCUT2D eigenvalue weighted by atomic mass is 19.3. The fourth-order valence-corrected chi connectivity index (χ4v) is 6.68. The zero-order valence-corrected chi connectivity index (χ0v) is 21.3. The van der Waals surface area contributed by atoms with Gasteiger partial charge in [0.15, 0.2) is 0 Å². The van der Waals surface area contributed by atoms with E-state index in [0.717, 1.165) is 4.90 Å². The molecule has 0 unspecified atom stereocenters. The third-order valence-electron chi connectivity index (χ3n) is 8.36. The van der Waals surface area contributed by atoms with Gasteiger partial charge in [-0.05, 0) is 50.5 Å². The van der Waals surface area contributed by atoms with Crippen LogP contribution in [0.25, 0.3) is 16.8 Å². The number of carbonyl (C=O) groups excluding carboxylic acids is 1. The molecule has 4 heterocycles. The van der Waals surface area contributed by atoms with Crippen molar-refractivity contribution in [2.75, 3.05) is 6.98 Å². The largest absolute Gasteiger partial charge is 0.434 e. The Morgan fingerprint density at radius 2 is 2.08 bits per heavy atom. The van der Waals surface area contributed by atoms with E-state index in [9.17, 15) is 18.8 Å². The summed E-state index contributed by atoms with van der Waals surface area (Å²) in [4.78, 5) is 23.6. The molecule has 0 radical (unpaired) electrons. The Morgan fingerprint density at radius 3 is 2.77 bits per heavy atom. The number of nitrogens with two attached hydrogens (primary N) is 1. The molecule has 3 aliphatic rings. The van der Waals surface area contributed by atoms with Crippen molar-refractivity contribution >= 4 is 11.4 Å². The summed E-state index contributed by atoms with van der Waals surface area (Å²) >= 11 is 0. The summed E-state index contributed by atoms with van der Waals surface area (Å²) in [6, 6.07) is 9.20. The smallest absolute Gasteiger partial charge is 0.387 e. The van der Waals surface area contributed by atoms with Crippen LogP contribution in [0.5, 0.6) is 5.75 Å². The van der Waals surface area contributed by atoms with E-state index in [1.165, 1.54) is 18.2 Å². The molecule has 9 nitrogen and oxygen atoms in total. The first-order chi connectivity index (χ1) is 20.3. The first-order valence-electron chi connectivity index (χ1n) is 14.3. The SMILES string of the molecule is [2H]C([2H])([2H])N1C(=O)c2cccc(OC(F)F)c2[C@H]2C[C@@H]1c1nn3ccc(-c4cnc(C5(N)CC(C)(C#N)C5)cn4)cc3c12. The summed E-state index contributed by atoms with van der Waals surface area (Å²) < 4.78 is 57.8. The minimum atomic E-state index is -3.14. The van der Waals surface area contributed by atoms with Crippen LogP contribution in [0.2, 0.25) is 0 Å². The third kappa shape index (κ3) is 3.45. The van der Waals surface area contributed by atoms with Crippen molar-refractivity contribution in [1.29, 1.82) is 5.26 Å². The molecule has 11 heteroatoms. The number of nitriles is 1. The molecule has 0 spiro atoms. The average Bonchev–Trinajstić information content (AvgIpc) is 3.44. The summed E-state index contributed by atoms with van der Waals surface area (Å²) in [6.07, 6.45) is 6.03. The van der Waals surface area contributed by atoms with Gasteiger partial charge in [0.05, 0.1) is 58.1 Å². The Bertz CT molecular complexity index is 1850. The van der Waals surface area contributed by atoms with Crippen LogP contribution in [0, 0.1) is 16.7 Å². The number of hydrogen-bond acceptors (Lipinski definition) is 7. The van der Waals surface area contributed by atoms with Gasteiger partial charge in [-0.2, -0.15) is 19.1 Å². The lowest BCUT2D eigenvalue weighted by atomic mass is 9.58. The first kappa shape index (κ1) is 21.4. The van der Waals surface area contributed by atoms with Crippen LogP contribution in [0.4, 0.5) is 8.78 Å². The molecule has 7 rings (SSSR count). The van der Waals surface area contributed by atoms with E-state index in [1.54, 1.807) is 29.2 Å². The number of halogens is 2. The van der Waals surface area contributed by atoms with E-state index in [1.807, 2.05) is 13.0 Å². The standard InChI is InChI=1S/C29H25F2N7O2/c1-28(14-32)12-29(33,13-28)22-11-34-18(10-35-22)15-6-7-38-19(8-15)24-17-9-20(25(24)36-38)37(2)26(39)16-4-3-5-21(23(16)17)40-27(30)31/h3-8,10-11,17,20,27H,9,12-13,33H2,1-2H3/t17-,20-,28?,29?/m1/s1/i2D3. The van der Waals surface area contributed by atoms with E-state index in [-0.39, 0.29) is 23.3 Å². The van der Waals surface area contributed by atoms with Crippen molar-refractivity contribution in [2.45, 2.75) is 50.3 Å². The van der Waals surface area contributed by atoms with Crippen LogP contribution in [0.1, 0.15) is 75.1 Å². The maximum atomic E-state index is 13.6. The molecule has 1 amide bonds. The molecule has 4 aromatic rings. The molecule has 1 aliphatic heterocycles. The molecular formula is C29H25F2N7O2. The number of benzene rings is 1. The van der Waals surface area contributed by atoms with Gasteiger partial charge in [-0.15, -0.1) is 0 Å². The van der Waals surface area contributed by atoms with E-state index in [2.05, 4.69) is 21.1 Å². The number of rotatable bonds is 4. The summed E-state index contributed by atoms with van der Waals surface area (Å²) in [6.45, 7) is -4.08. The molecular weight excluding hydrogens is 516 g/mol. The van der Waals surface area contributed by atoms with Gasteiger partial charge >= 0.3 is 6.61 Å². The Kier molecular flexibility index (Phi) is 4.43. The van der Waals surface area contributed by atoms with Crippen LogP contribution in [0.3, 0.4) is 0 Å². The summed E-state index contributed by atoms with van der Waals surface area (Å²) in [5.74, 6) is -1.60. The molecule has 0 saturated heterocycles. The molecule has 202 valence electrons. The van der Waals surface area contributed by atoms with Crippen LogP contribution in [0.15, 0.2) is 48.9 Å². The second-order valence-corrected chi connectivity index (χ2v) is 11.1. The normalized spacial score (nSPS) is 28.1. The molecule has 1 saturated carbocycles. The maximum Gasteiger partial charge on any atom is 0.387 e. The van der Waals surface area contributed by atoms with Crippen molar-refractivity contribution < 1.29 is 22.4 Å². The number of fused-ring (bicyclic) bond motifs is 9. The predicted octanol–water partition coefficient (Wildman–Crippen LogP) is 4.53. The lowest BCUT2D eigenvalue weighted by Gasteiger charge is -2.48. The first-order valence-corrected chi connectivity index (χ1v) is 12.8. The predicted molar refractivity (Wildman–Crippen MR) is 139 cm³/mol. The molecule has 3 aromatic heterocycles. The number of ether oxygens (including phenoxy) is 1. The van der Waals surface area contributed by atoms with Crippen LogP contribution < -0.4 is 10.5 Å². The van der Waals surface area contributed by atoms with E-state index in [0.29, 0.717) is 46.6 Å². The van der Waals surface area contributed by atoms with Crippen molar-refractivity contribution in [3.63, 3.8) is 0 Å². The fraction of sp³-hybridized carbons (Fsp3) is 0.345. The molecule has 1 aromatic carbocycles. The molecule has 2 N–H and O–H groups in total. The quantitative estimate of drug-likeness (QED) is 0.400. The number of hydrogen-bond donors (Lipinski definition) is 1. The second kappa shape index (κ2) is 8.29. The van der Waals surface area contributed by atoms with Gasteiger partial charge in [0.1, 0.15) is 5.75 Å². The third-order valence-corrected chi connectivity index (χ3v) is 8.36. The highest BCUT2D eigenvalue weighted by Crippen LogP contribution is 2.54. The molecule has 1 fully saturated rings. The Balaban J connectivity index is 1.34. The zero-order chi connectivity index (χ0) is 30.5. The van der Waals surface area contributed by atoms with E-state index >= 15 is 0 Å². The van der Waals surface area contributed by atoms with E-state index in [4.69, 9.17) is 14.6 Å². The fourth-order valence-electron chi connectivity index (χ4n) is 6.68. The van der Waals surface area contributed by atoms with Crippen molar-refractivity contribution in [1.82, 2.24) is 24.5 Å². The molecule has 2 aliphatic carbocycles. The highest BCUT2D eigenvalue weighted by molar-refractivity contribution is 5.98. The average molecular weight is 545 g/mol. The zero-order valence-electron chi connectivity index (χ0n) is 24.3. The van der Waals surface area contributed by atoms with Gasteiger partial charge in [-0.1, -0.05) is 6.07 Å². The number of nitrogens with zero attached hydrogens (tertiary/aromatic N) is 6. The van der Waals surface area contributed by atoms with Gasteiger partial charge in [0.25, 0.3) is 5.91 Å². The lowest BCUT2D eigenvalue weighted by molar-refractivity contribution is -0.0505. The summed E-state index contributed by atoms with van der Waals surface area (Å²) in [7, 11) is 0. The monoisotopic (exact) mass is 544 g/mol. The Hall–Kier alpha value is -4.43. The van der Waals surface area contributed by atoms with Crippen molar-refractivity contribution in [3.8, 4) is 23.1 Å². The topological polar surface area (TPSA) is 122 Å². The Morgan fingerprint density at radius 1 is 1.25 bits per heavy atom. The number of aromatic nitrogens is 4.